The zero-order valence-electron chi connectivity index (χ0n) is 28.0. The summed E-state index contributed by atoms with van der Waals surface area (Å²) in [4.78, 5) is 50.5. The third-order valence-electron chi connectivity index (χ3n) is 7.63. The van der Waals surface area contributed by atoms with Crippen LogP contribution in [0.4, 0.5) is 0 Å². The Morgan fingerprint density at radius 3 is 2.57 bits per heavy atom. The molecule has 13 nitrogen and oxygen atoms in total. The van der Waals surface area contributed by atoms with Crippen LogP contribution in [0, 0.1) is 0 Å². The maximum atomic E-state index is 13.7. The minimum atomic E-state index is -1.31. The standard InChI is InChI=1S/C32H43ClN8O5Si/c1-19(31(44)39-14-21(34)15-39)36-30(43)23-16-40(18-45-10-11-47(5,6)7)29-28(23)37-24(13-35-29)27-22-9-8-20(33)12-25(22)41(38-27)17-26(42)46-32(2,3)4/h8-9,12-13,16,19,21H,10-11,14-15,17-18,34H2,1-7H3,(H,36,43)/t19-/m1/s1. The van der Waals surface area contributed by atoms with Gasteiger partial charge in [-0.1, -0.05) is 31.2 Å². The molecule has 47 heavy (non-hydrogen) atoms. The van der Waals surface area contributed by atoms with Crippen LogP contribution in [0.25, 0.3) is 33.5 Å². The van der Waals surface area contributed by atoms with Gasteiger partial charge in [0.1, 0.15) is 41.8 Å². The monoisotopic (exact) mass is 682 g/mol. The number of esters is 1. The van der Waals surface area contributed by atoms with Gasteiger partial charge in [-0.3, -0.25) is 19.1 Å². The van der Waals surface area contributed by atoms with Crippen LogP contribution in [0.3, 0.4) is 0 Å². The average Bonchev–Trinajstić information content (AvgIpc) is 3.49. The van der Waals surface area contributed by atoms with Crippen molar-refractivity contribution in [1.82, 2.24) is 34.5 Å². The summed E-state index contributed by atoms with van der Waals surface area (Å²) in [7, 11) is -1.31. The number of carbonyl (C=O) groups is 3. The van der Waals surface area contributed by atoms with Gasteiger partial charge in [-0.25, -0.2) is 9.97 Å². The Morgan fingerprint density at radius 1 is 1.19 bits per heavy atom. The van der Waals surface area contributed by atoms with Gasteiger partial charge in [-0.15, -0.1) is 0 Å². The second-order valence-electron chi connectivity index (χ2n) is 14.2. The Hall–Kier alpha value is -3.85. The fourth-order valence-corrected chi connectivity index (χ4v) is 6.15. The molecule has 252 valence electrons. The average molecular weight is 683 g/mol. The Balaban J connectivity index is 1.51. The first kappa shape index (κ1) is 34.5. The van der Waals surface area contributed by atoms with Crippen molar-refractivity contribution in [2.24, 2.45) is 5.73 Å². The molecule has 0 unspecified atom stereocenters. The third kappa shape index (κ3) is 8.18. The van der Waals surface area contributed by atoms with E-state index in [-0.39, 0.29) is 30.8 Å². The highest BCUT2D eigenvalue weighted by molar-refractivity contribution is 6.76. The molecule has 5 rings (SSSR count). The molecule has 1 aliphatic rings. The molecule has 0 bridgehead atoms. The van der Waals surface area contributed by atoms with Gasteiger partial charge < -0.3 is 30.0 Å². The lowest BCUT2D eigenvalue weighted by molar-refractivity contribution is -0.155. The molecule has 1 fully saturated rings. The number of nitrogens with zero attached hydrogens (tertiary/aromatic N) is 6. The molecular formula is C32H43ClN8O5Si. The van der Waals surface area contributed by atoms with Crippen LogP contribution in [0.1, 0.15) is 38.1 Å². The summed E-state index contributed by atoms with van der Waals surface area (Å²) in [5.74, 6) is -1.13. The number of carbonyl (C=O) groups excluding carboxylic acids is 3. The van der Waals surface area contributed by atoms with Crippen molar-refractivity contribution in [3.8, 4) is 11.4 Å². The summed E-state index contributed by atoms with van der Waals surface area (Å²) in [6.07, 6.45) is 3.23. The molecule has 0 saturated carbocycles. The Bertz CT molecular complexity index is 1820. The third-order valence-corrected chi connectivity index (χ3v) is 9.57. The second-order valence-corrected chi connectivity index (χ2v) is 20.3. The van der Waals surface area contributed by atoms with E-state index in [0.29, 0.717) is 58.2 Å². The maximum absolute atomic E-state index is 13.7. The number of hydrogen-bond acceptors (Lipinski definition) is 9. The number of nitrogens with one attached hydrogen (secondary N) is 1. The first-order chi connectivity index (χ1) is 22.0. The van der Waals surface area contributed by atoms with E-state index in [2.05, 4.69) is 25.0 Å². The summed E-state index contributed by atoms with van der Waals surface area (Å²) >= 11 is 6.33. The van der Waals surface area contributed by atoms with E-state index in [9.17, 15) is 14.4 Å². The summed E-state index contributed by atoms with van der Waals surface area (Å²) < 4.78 is 14.8. The van der Waals surface area contributed by atoms with E-state index in [0.717, 1.165) is 6.04 Å². The van der Waals surface area contributed by atoms with Crippen molar-refractivity contribution in [1.29, 1.82) is 0 Å². The molecule has 0 radical (unpaired) electrons. The van der Waals surface area contributed by atoms with Gasteiger partial charge in [0.15, 0.2) is 5.65 Å². The number of ether oxygens (including phenoxy) is 2. The molecule has 1 aromatic carbocycles. The highest BCUT2D eigenvalue weighted by Gasteiger charge is 2.32. The number of aromatic nitrogens is 5. The molecule has 3 N–H and O–H groups in total. The molecule has 0 spiro atoms. The molecule has 2 amide bonds. The van der Waals surface area contributed by atoms with E-state index in [4.69, 9.17) is 41.9 Å². The quantitative estimate of drug-likeness (QED) is 0.135. The second kappa shape index (κ2) is 13.3. The van der Waals surface area contributed by atoms with Gasteiger partial charge in [0.05, 0.1) is 17.3 Å². The van der Waals surface area contributed by atoms with Crippen molar-refractivity contribution in [2.75, 3.05) is 19.7 Å². The Kier molecular flexibility index (Phi) is 9.78. The lowest BCUT2D eigenvalue weighted by Gasteiger charge is -2.38. The lowest BCUT2D eigenvalue weighted by Crippen LogP contribution is -2.61. The first-order valence-electron chi connectivity index (χ1n) is 15.7. The number of likely N-dealkylation sites (tertiary alicyclic amines) is 1. The molecule has 1 atom stereocenters. The van der Waals surface area contributed by atoms with E-state index in [1.165, 1.54) is 4.68 Å². The SMILES string of the molecule is C[C@@H](NC(=O)c1cn(COCC[Si](C)(C)C)c2ncc(-c3nn(CC(=O)OC(C)(C)C)c4cc(Cl)ccc34)nc12)C(=O)N1CC(N)C1. The summed E-state index contributed by atoms with van der Waals surface area (Å²) in [6, 6.07) is 5.43. The number of nitrogens with two attached hydrogens (primary N) is 1. The normalized spacial score (nSPS) is 14.8. The van der Waals surface area contributed by atoms with Crippen LogP contribution in [0.15, 0.2) is 30.6 Å². The minimum absolute atomic E-state index is 0.0470. The number of hydrogen-bond donors (Lipinski definition) is 2. The van der Waals surface area contributed by atoms with Crippen LogP contribution in [0.2, 0.25) is 30.7 Å². The molecule has 4 aromatic rings. The van der Waals surface area contributed by atoms with Crippen LogP contribution in [-0.2, 0) is 32.3 Å². The Labute approximate surface area is 279 Å². The van der Waals surface area contributed by atoms with Gasteiger partial charge in [0, 0.05) is 50.4 Å². The molecule has 1 saturated heterocycles. The first-order valence-corrected chi connectivity index (χ1v) is 19.7. The topological polar surface area (TPSA) is 159 Å². The van der Waals surface area contributed by atoms with Gasteiger partial charge in [0.25, 0.3) is 5.91 Å². The molecule has 4 heterocycles. The van der Waals surface area contributed by atoms with Gasteiger partial charge in [0.2, 0.25) is 5.91 Å². The van der Waals surface area contributed by atoms with Crippen LogP contribution in [-0.4, -0.2) is 92.5 Å². The summed E-state index contributed by atoms with van der Waals surface area (Å²) in [5.41, 5.74) is 7.65. The zero-order valence-corrected chi connectivity index (χ0v) is 29.7. The molecular weight excluding hydrogens is 640 g/mol. The van der Waals surface area contributed by atoms with Crippen molar-refractivity contribution in [3.63, 3.8) is 0 Å². The zero-order chi connectivity index (χ0) is 34.3. The molecule has 0 aliphatic carbocycles. The Morgan fingerprint density at radius 2 is 1.91 bits per heavy atom. The fraction of sp³-hybridized carbons (Fsp3) is 0.500. The summed E-state index contributed by atoms with van der Waals surface area (Å²) in [5, 5.41) is 8.71. The summed E-state index contributed by atoms with van der Waals surface area (Å²) in [6.45, 7) is 15.4. The van der Waals surface area contributed by atoms with Crippen LogP contribution in [0.5, 0.6) is 0 Å². The van der Waals surface area contributed by atoms with Crippen molar-refractivity contribution in [2.45, 2.75) is 84.3 Å². The van der Waals surface area contributed by atoms with Crippen molar-refractivity contribution < 1.29 is 23.9 Å². The largest absolute Gasteiger partial charge is 0.459 e. The number of halogens is 1. The van der Waals surface area contributed by atoms with E-state index in [1.54, 1.807) is 67.8 Å². The minimum Gasteiger partial charge on any atom is -0.459 e. The molecule has 15 heteroatoms. The predicted octanol–water partition coefficient (Wildman–Crippen LogP) is 4.04. The predicted molar refractivity (Wildman–Crippen MR) is 183 cm³/mol. The van der Waals surface area contributed by atoms with Gasteiger partial charge in [-0.2, -0.15) is 5.10 Å². The van der Waals surface area contributed by atoms with E-state index >= 15 is 0 Å². The number of amides is 2. The lowest BCUT2D eigenvalue weighted by atomic mass is 10.1. The molecule has 1 aliphatic heterocycles. The number of rotatable bonds is 11. The smallest absolute Gasteiger partial charge is 0.328 e. The highest BCUT2D eigenvalue weighted by Crippen LogP contribution is 2.31. The van der Waals surface area contributed by atoms with E-state index < -0.39 is 31.6 Å². The van der Waals surface area contributed by atoms with Crippen molar-refractivity contribution >= 4 is 59.5 Å². The molecule has 3 aromatic heterocycles. The van der Waals surface area contributed by atoms with Crippen LogP contribution < -0.4 is 11.1 Å². The van der Waals surface area contributed by atoms with Gasteiger partial charge in [-0.05, 0) is 51.9 Å². The fourth-order valence-electron chi connectivity index (χ4n) is 5.23. The number of benzene rings is 1. The number of fused-ring (bicyclic) bond motifs is 2. The van der Waals surface area contributed by atoms with Crippen LogP contribution >= 0.6 is 11.6 Å². The highest BCUT2D eigenvalue weighted by atomic mass is 35.5. The van der Waals surface area contributed by atoms with E-state index in [1.807, 2.05) is 0 Å². The van der Waals surface area contributed by atoms with Gasteiger partial charge >= 0.3 is 5.97 Å². The maximum Gasteiger partial charge on any atom is 0.328 e. The van der Waals surface area contributed by atoms with Crippen molar-refractivity contribution in [3.05, 3.63) is 41.2 Å².